The first kappa shape index (κ1) is 31.3. The first-order valence-electron chi connectivity index (χ1n) is 15.9. The molecule has 0 fully saturated rings. The van der Waals surface area contributed by atoms with Crippen molar-refractivity contribution in [2.24, 2.45) is 0 Å². The molecule has 0 N–H and O–H groups in total. The van der Waals surface area contributed by atoms with Crippen molar-refractivity contribution in [1.82, 2.24) is 0 Å². The van der Waals surface area contributed by atoms with Crippen molar-refractivity contribution in [3.05, 3.63) is 34.9 Å². The minimum Gasteiger partial charge on any atom is -0.0654 e. The first-order valence-corrected chi connectivity index (χ1v) is 15.9. The van der Waals surface area contributed by atoms with Gasteiger partial charge in [-0.05, 0) is 55.2 Å². The van der Waals surface area contributed by atoms with Gasteiger partial charge in [0.1, 0.15) is 0 Å². The molecule has 1 aromatic carbocycles. The van der Waals surface area contributed by atoms with Gasteiger partial charge < -0.3 is 0 Å². The Balaban J connectivity index is 2.28. The van der Waals surface area contributed by atoms with E-state index >= 15 is 0 Å². The quantitative estimate of drug-likeness (QED) is 0.125. The third kappa shape index (κ3) is 16.8. The third-order valence-corrected chi connectivity index (χ3v) is 7.75. The number of hydrogen-bond donors (Lipinski definition) is 0. The molecule has 0 aliphatic rings. The van der Waals surface area contributed by atoms with Crippen LogP contribution in [-0.4, -0.2) is 0 Å². The molecule has 0 unspecified atom stereocenters. The number of aryl methyl sites for hydroxylation is 2. The van der Waals surface area contributed by atoms with Crippen LogP contribution >= 0.6 is 0 Å². The molecule has 0 aliphatic carbocycles. The van der Waals surface area contributed by atoms with E-state index in [0.29, 0.717) is 0 Å². The summed E-state index contributed by atoms with van der Waals surface area (Å²) in [7, 11) is 0. The fourth-order valence-corrected chi connectivity index (χ4v) is 5.44. The van der Waals surface area contributed by atoms with Crippen molar-refractivity contribution < 1.29 is 0 Å². The molecule has 0 amide bonds. The molecule has 0 saturated heterocycles. The summed E-state index contributed by atoms with van der Waals surface area (Å²) in [4.78, 5) is 0. The van der Waals surface area contributed by atoms with Gasteiger partial charge in [0.15, 0.2) is 0 Å². The number of rotatable bonds is 25. The lowest BCUT2D eigenvalue weighted by atomic mass is 9.90. The maximum Gasteiger partial charge on any atom is -0.0274 e. The fourth-order valence-electron chi connectivity index (χ4n) is 5.44. The third-order valence-electron chi connectivity index (χ3n) is 7.75. The molecule has 0 nitrogen and oxygen atoms in total. The fraction of sp³-hybridized carbons (Fsp3) is 0.824. The zero-order valence-electron chi connectivity index (χ0n) is 23.9. The van der Waals surface area contributed by atoms with Gasteiger partial charge >= 0.3 is 0 Å². The molecule has 0 aromatic heterocycles. The molecular formula is C34H62. The summed E-state index contributed by atoms with van der Waals surface area (Å²) >= 11 is 0. The van der Waals surface area contributed by atoms with E-state index in [1.807, 2.05) is 0 Å². The minimum atomic E-state index is 1.30. The molecule has 0 radical (unpaired) electrons. The molecule has 0 spiro atoms. The van der Waals surface area contributed by atoms with E-state index in [0.717, 1.165) is 0 Å². The average molecular weight is 471 g/mol. The Hall–Kier alpha value is -0.780. The van der Waals surface area contributed by atoms with Gasteiger partial charge in [0.05, 0.1) is 0 Å². The lowest BCUT2D eigenvalue weighted by Crippen LogP contribution is -2.02. The van der Waals surface area contributed by atoms with Crippen molar-refractivity contribution in [1.29, 1.82) is 0 Å². The molecule has 198 valence electrons. The Kier molecular flexibility index (Phi) is 22.0. The summed E-state index contributed by atoms with van der Waals surface area (Å²) < 4.78 is 0. The molecule has 0 heterocycles. The zero-order valence-corrected chi connectivity index (χ0v) is 23.9. The predicted octanol–water partition coefficient (Wildman–Crippen LogP) is 12.0. The summed E-state index contributed by atoms with van der Waals surface area (Å²) in [5, 5.41) is 0. The van der Waals surface area contributed by atoms with Gasteiger partial charge in [0.25, 0.3) is 0 Å². The maximum atomic E-state index is 2.45. The molecule has 0 heteroatoms. The highest BCUT2D eigenvalue weighted by Gasteiger charge is 2.08. The molecule has 0 aliphatic heterocycles. The lowest BCUT2D eigenvalue weighted by molar-refractivity contribution is 0.554. The van der Waals surface area contributed by atoms with Gasteiger partial charge in [-0.2, -0.15) is 0 Å². The average Bonchev–Trinajstić information content (AvgIpc) is 2.85. The Labute approximate surface area is 216 Å². The van der Waals surface area contributed by atoms with Crippen molar-refractivity contribution in [3.8, 4) is 0 Å². The van der Waals surface area contributed by atoms with Crippen LogP contribution in [0.5, 0.6) is 0 Å². The summed E-state index contributed by atoms with van der Waals surface area (Å²) in [6, 6.07) is 7.24. The maximum absolute atomic E-state index is 2.45. The predicted molar refractivity (Wildman–Crippen MR) is 156 cm³/mol. The minimum absolute atomic E-state index is 1.30. The number of benzene rings is 1. The van der Waals surface area contributed by atoms with Crippen LogP contribution in [0.4, 0.5) is 0 Å². The molecule has 0 saturated carbocycles. The van der Waals surface area contributed by atoms with Gasteiger partial charge in [0.2, 0.25) is 0 Å². The van der Waals surface area contributed by atoms with Crippen LogP contribution in [0.1, 0.15) is 179 Å². The number of hydrogen-bond acceptors (Lipinski definition) is 0. The summed E-state index contributed by atoms with van der Waals surface area (Å²) in [5.41, 5.74) is 5.09. The van der Waals surface area contributed by atoms with Crippen LogP contribution in [0, 0.1) is 0 Å². The topological polar surface area (TPSA) is 0 Å². The molecule has 1 aromatic rings. The zero-order chi connectivity index (χ0) is 24.5. The SMILES string of the molecule is CCCCCCCCCCCCc1cccc(CCCCCCCCCCCC)c1CCCC. The highest BCUT2D eigenvalue weighted by atomic mass is 14.1. The second kappa shape index (κ2) is 23.9. The van der Waals surface area contributed by atoms with Crippen molar-refractivity contribution in [3.63, 3.8) is 0 Å². The lowest BCUT2D eigenvalue weighted by Gasteiger charge is -2.15. The highest BCUT2D eigenvalue weighted by Crippen LogP contribution is 2.23. The van der Waals surface area contributed by atoms with Crippen LogP contribution in [0.2, 0.25) is 0 Å². The molecular weight excluding hydrogens is 408 g/mol. The van der Waals surface area contributed by atoms with E-state index < -0.39 is 0 Å². The van der Waals surface area contributed by atoms with Gasteiger partial charge in [0, 0.05) is 0 Å². The normalized spacial score (nSPS) is 11.4. The van der Waals surface area contributed by atoms with Crippen molar-refractivity contribution in [2.75, 3.05) is 0 Å². The first-order chi connectivity index (χ1) is 16.8. The van der Waals surface area contributed by atoms with E-state index in [4.69, 9.17) is 0 Å². The van der Waals surface area contributed by atoms with Crippen LogP contribution in [0.3, 0.4) is 0 Å². The smallest absolute Gasteiger partial charge is 0.0274 e. The van der Waals surface area contributed by atoms with E-state index in [1.54, 1.807) is 16.7 Å². The Morgan fingerprint density at radius 2 is 0.676 bits per heavy atom. The Morgan fingerprint density at radius 1 is 0.353 bits per heavy atom. The molecule has 0 bridgehead atoms. The van der Waals surface area contributed by atoms with E-state index in [-0.39, 0.29) is 0 Å². The molecule has 34 heavy (non-hydrogen) atoms. The second-order valence-corrected chi connectivity index (χ2v) is 11.0. The van der Waals surface area contributed by atoms with Gasteiger partial charge in [-0.3, -0.25) is 0 Å². The molecule has 1 rings (SSSR count). The second-order valence-electron chi connectivity index (χ2n) is 11.0. The number of unbranched alkanes of at least 4 members (excludes halogenated alkanes) is 19. The van der Waals surface area contributed by atoms with Crippen molar-refractivity contribution in [2.45, 2.75) is 181 Å². The Morgan fingerprint density at radius 3 is 1.03 bits per heavy atom. The van der Waals surface area contributed by atoms with Crippen molar-refractivity contribution >= 4 is 0 Å². The Bertz CT molecular complexity index is 501. The van der Waals surface area contributed by atoms with Gasteiger partial charge in [-0.1, -0.05) is 161 Å². The largest absolute Gasteiger partial charge is 0.0654 e. The van der Waals surface area contributed by atoms with Crippen LogP contribution < -0.4 is 0 Å². The van der Waals surface area contributed by atoms with Crippen LogP contribution in [0.25, 0.3) is 0 Å². The van der Waals surface area contributed by atoms with E-state index in [2.05, 4.69) is 39.0 Å². The summed E-state index contributed by atoms with van der Waals surface area (Å²) in [6.45, 7) is 6.95. The standard InChI is InChI=1S/C34H62/c1-4-7-10-12-14-16-18-20-22-24-27-32-29-26-30-33(34(32)31-9-6-3)28-25-23-21-19-17-15-13-11-8-5-2/h26,29-30H,4-25,27-28,31H2,1-3H3. The van der Waals surface area contributed by atoms with Gasteiger partial charge in [-0.15, -0.1) is 0 Å². The summed E-state index contributed by atoms with van der Waals surface area (Å²) in [5.74, 6) is 0. The summed E-state index contributed by atoms with van der Waals surface area (Å²) in [6.07, 6.45) is 35.2. The van der Waals surface area contributed by atoms with Gasteiger partial charge in [-0.25, -0.2) is 0 Å². The van der Waals surface area contributed by atoms with E-state index in [1.165, 1.54) is 161 Å². The monoisotopic (exact) mass is 470 g/mol. The van der Waals surface area contributed by atoms with Crippen LogP contribution in [-0.2, 0) is 19.3 Å². The van der Waals surface area contributed by atoms with Crippen LogP contribution in [0.15, 0.2) is 18.2 Å². The van der Waals surface area contributed by atoms with E-state index in [9.17, 15) is 0 Å². The molecule has 0 atom stereocenters. The highest BCUT2D eigenvalue weighted by molar-refractivity contribution is 5.36.